The first-order valence-electron chi connectivity index (χ1n) is 6.73. The first-order chi connectivity index (χ1) is 11.1. The summed E-state index contributed by atoms with van der Waals surface area (Å²) in [5, 5.41) is 16.0. The van der Waals surface area contributed by atoms with Crippen LogP contribution < -0.4 is 15.4 Å². The number of carbonyl (C=O) groups is 1. The average molecular weight is 336 g/mol. The van der Waals surface area contributed by atoms with Gasteiger partial charge < -0.3 is 15.4 Å². The number of hydrogen-bond donors (Lipinski definition) is 2. The van der Waals surface area contributed by atoms with Gasteiger partial charge in [-0.3, -0.25) is 10.1 Å². The Labute approximate surface area is 137 Å². The molecule has 2 amide bonds. The fourth-order valence-corrected chi connectivity index (χ4v) is 1.90. The molecule has 0 unspecified atom stereocenters. The van der Waals surface area contributed by atoms with Gasteiger partial charge in [0.1, 0.15) is 12.4 Å². The van der Waals surface area contributed by atoms with E-state index >= 15 is 0 Å². The quantitative estimate of drug-likeness (QED) is 0.480. The third-order valence-corrected chi connectivity index (χ3v) is 3.14. The number of nitro benzene ring substituents is 1. The summed E-state index contributed by atoms with van der Waals surface area (Å²) in [5.41, 5.74) is 0.0134. The summed E-state index contributed by atoms with van der Waals surface area (Å²) in [7, 11) is 0. The first kappa shape index (κ1) is 16.6. The summed E-state index contributed by atoms with van der Waals surface area (Å²) in [6.07, 6.45) is 0. The van der Waals surface area contributed by atoms with Crippen molar-refractivity contribution in [1.82, 2.24) is 5.32 Å². The molecule has 7 nitrogen and oxygen atoms in total. The van der Waals surface area contributed by atoms with Crippen molar-refractivity contribution in [3.8, 4) is 5.75 Å². The zero-order valence-electron chi connectivity index (χ0n) is 12.0. The van der Waals surface area contributed by atoms with Gasteiger partial charge in [-0.25, -0.2) is 4.79 Å². The maximum absolute atomic E-state index is 11.8. The minimum atomic E-state index is -0.562. The summed E-state index contributed by atoms with van der Waals surface area (Å²) in [4.78, 5) is 21.9. The molecular formula is C15H14ClN3O4. The number of urea groups is 1. The van der Waals surface area contributed by atoms with Crippen molar-refractivity contribution in [1.29, 1.82) is 0 Å². The molecule has 2 aromatic carbocycles. The van der Waals surface area contributed by atoms with Crippen molar-refractivity contribution in [2.75, 3.05) is 18.5 Å². The molecule has 2 N–H and O–H groups in total. The summed E-state index contributed by atoms with van der Waals surface area (Å²) in [6, 6.07) is 12.5. The maximum atomic E-state index is 11.8. The van der Waals surface area contributed by atoms with E-state index in [1.165, 1.54) is 18.2 Å². The molecule has 0 aliphatic rings. The van der Waals surface area contributed by atoms with Crippen molar-refractivity contribution in [2.45, 2.75) is 0 Å². The van der Waals surface area contributed by atoms with Crippen LogP contribution in [0, 0.1) is 10.1 Å². The standard InChI is InChI=1S/C15H14ClN3O4/c16-13-7-6-11(19(21)22)10-14(13)18-15(20)17-8-9-23-12-4-2-1-3-5-12/h1-7,10H,8-9H2,(H2,17,18,20). The zero-order valence-corrected chi connectivity index (χ0v) is 12.7. The predicted molar refractivity (Wildman–Crippen MR) is 87.1 cm³/mol. The van der Waals surface area contributed by atoms with E-state index in [1.54, 1.807) is 0 Å². The Hall–Kier alpha value is -2.80. The van der Waals surface area contributed by atoms with Crippen molar-refractivity contribution >= 4 is 29.0 Å². The molecule has 0 aromatic heterocycles. The van der Waals surface area contributed by atoms with Crippen molar-refractivity contribution in [3.63, 3.8) is 0 Å². The molecule has 2 rings (SSSR count). The van der Waals surface area contributed by atoms with Gasteiger partial charge in [0, 0.05) is 12.1 Å². The van der Waals surface area contributed by atoms with Crippen molar-refractivity contribution in [2.24, 2.45) is 0 Å². The Bertz CT molecular complexity index is 694. The van der Waals surface area contributed by atoms with E-state index in [0.717, 1.165) is 0 Å². The second-order valence-electron chi connectivity index (χ2n) is 4.46. The number of nitro groups is 1. The summed E-state index contributed by atoms with van der Waals surface area (Å²) >= 11 is 5.90. The number of benzene rings is 2. The Morgan fingerprint density at radius 3 is 2.65 bits per heavy atom. The molecule has 0 heterocycles. The second kappa shape index (κ2) is 8.00. The lowest BCUT2D eigenvalue weighted by Gasteiger charge is -2.10. The van der Waals surface area contributed by atoms with Gasteiger partial charge in [0.2, 0.25) is 0 Å². The summed E-state index contributed by atoms with van der Waals surface area (Å²) in [6.45, 7) is 0.563. The van der Waals surface area contributed by atoms with Gasteiger partial charge in [0.05, 0.1) is 22.2 Å². The lowest BCUT2D eigenvalue weighted by Crippen LogP contribution is -2.32. The first-order valence-corrected chi connectivity index (χ1v) is 7.10. The van der Waals surface area contributed by atoms with E-state index in [-0.39, 0.29) is 22.9 Å². The number of carbonyl (C=O) groups excluding carboxylic acids is 1. The minimum absolute atomic E-state index is 0.155. The van der Waals surface area contributed by atoms with E-state index < -0.39 is 11.0 Å². The van der Waals surface area contributed by atoms with Crippen molar-refractivity contribution < 1.29 is 14.5 Å². The van der Waals surface area contributed by atoms with E-state index in [2.05, 4.69) is 10.6 Å². The smallest absolute Gasteiger partial charge is 0.319 e. The maximum Gasteiger partial charge on any atom is 0.319 e. The molecule has 0 aliphatic heterocycles. The van der Waals surface area contributed by atoms with Gasteiger partial charge in [0.25, 0.3) is 5.69 Å². The number of rotatable bonds is 6. The number of nitrogens with one attached hydrogen (secondary N) is 2. The molecule has 0 radical (unpaired) electrons. The third-order valence-electron chi connectivity index (χ3n) is 2.81. The van der Waals surface area contributed by atoms with Crippen LogP contribution in [0.4, 0.5) is 16.2 Å². The topological polar surface area (TPSA) is 93.5 Å². The monoisotopic (exact) mass is 335 g/mol. The van der Waals surface area contributed by atoms with E-state index in [4.69, 9.17) is 16.3 Å². The number of halogens is 1. The number of anilines is 1. The fraction of sp³-hybridized carbons (Fsp3) is 0.133. The van der Waals surface area contributed by atoms with Crippen LogP contribution in [-0.4, -0.2) is 24.1 Å². The molecule has 120 valence electrons. The van der Waals surface area contributed by atoms with Gasteiger partial charge in [0.15, 0.2) is 0 Å². The molecule has 0 saturated carbocycles. The molecule has 23 heavy (non-hydrogen) atoms. The largest absolute Gasteiger partial charge is 0.492 e. The fourth-order valence-electron chi connectivity index (χ4n) is 1.74. The van der Waals surface area contributed by atoms with Gasteiger partial charge in [-0.05, 0) is 18.2 Å². The SMILES string of the molecule is O=C(NCCOc1ccccc1)Nc1cc([N+](=O)[O-])ccc1Cl. The molecule has 0 aliphatic carbocycles. The Morgan fingerprint density at radius 1 is 1.22 bits per heavy atom. The number of ether oxygens (including phenoxy) is 1. The summed E-state index contributed by atoms with van der Waals surface area (Å²) < 4.78 is 5.42. The zero-order chi connectivity index (χ0) is 16.7. The Kier molecular flexibility index (Phi) is 5.76. The van der Waals surface area contributed by atoms with Crippen LogP contribution in [0.2, 0.25) is 5.02 Å². The molecule has 0 spiro atoms. The van der Waals surface area contributed by atoms with Gasteiger partial charge >= 0.3 is 6.03 Å². The molecule has 0 fully saturated rings. The summed E-state index contributed by atoms with van der Waals surface area (Å²) in [5.74, 6) is 0.705. The highest BCUT2D eigenvalue weighted by atomic mass is 35.5. The highest BCUT2D eigenvalue weighted by molar-refractivity contribution is 6.33. The second-order valence-corrected chi connectivity index (χ2v) is 4.87. The van der Waals surface area contributed by atoms with Crippen LogP contribution in [-0.2, 0) is 0 Å². The van der Waals surface area contributed by atoms with E-state index in [1.807, 2.05) is 30.3 Å². The number of non-ortho nitro benzene ring substituents is 1. The average Bonchev–Trinajstić information content (AvgIpc) is 2.54. The van der Waals surface area contributed by atoms with E-state index in [9.17, 15) is 14.9 Å². The van der Waals surface area contributed by atoms with Crippen LogP contribution in [0.3, 0.4) is 0 Å². The Morgan fingerprint density at radius 2 is 1.96 bits per heavy atom. The van der Waals surface area contributed by atoms with Crippen LogP contribution in [0.1, 0.15) is 0 Å². The molecule has 0 atom stereocenters. The van der Waals surface area contributed by atoms with Crippen LogP contribution in [0.15, 0.2) is 48.5 Å². The number of para-hydroxylation sites is 1. The molecule has 0 bridgehead atoms. The van der Waals surface area contributed by atoms with Gasteiger partial charge in [-0.2, -0.15) is 0 Å². The highest BCUT2D eigenvalue weighted by Crippen LogP contribution is 2.26. The lowest BCUT2D eigenvalue weighted by molar-refractivity contribution is -0.384. The van der Waals surface area contributed by atoms with Gasteiger partial charge in [-0.1, -0.05) is 29.8 Å². The van der Waals surface area contributed by atoms with Gasteiger partial charge in [-0.15, -0.1) is 0 Å². The Balaban J connectivity index is 1.81. The van der Waals surface area contributed by atoms with Crippen molar-refractivity contribution in [3.05, 3.63) is 63.7 Å². The molecule has 2 aromatic rings. The number of nitrogens with zero attached hydrogens (tertiary/aromatic N) is 1. The van der Waals surface area contributed by atoms with Crippen LogP contribution in [0.5, 0.6) is 5.75 Å². The lowest BCUT2D eigenvalue weighted by atomic mass is 10.3. The van der Waals surface area contributed by atoms with Crippen LogP contribution in [0.25, 0.3) is 0 Å². The minimum Gasteiger partial charge on any atom is -0.492 e. The van der Waals surface area contributed by atoms with E-state index in [0.29, 0.717) is 12.4 Å². The highest BCUT2D eigenvalue weighted by Gasteiger charge is 2.11. The molecule has 8 heteroatoms. The normalized spacial score (nSPS) is 9.96. The molecule has 0 saturated heterocycles. The number of amides is 2. The third kappa shape index (κ3) is 5.15. The molecular weight excluding hydrogens is 322 g/mol. The predicted octanol–water partition coefficient (Wildman–Crippen LogP) is 3.45. The van der Waals surface area contributed by atoms with Crippen LogP contribution >= 0.6 is 11.6 Å². The number of hydrogen-bond acceptors (Lipinski definition) is 4.